The quantitative estimate of drug-likeness (QED) is 0.711. The molecule has 1 fully saturated rings. The van der Waals surface area contributed by atoms with E-state index in [2.05, 4.69) is 22.9 Å². The van der Waals surface area contributed by atoms with Crippen molar-refractivity contribution >= 4 is 0 Å². The van der Waals surface area contributed by atoms with Crippen molar-refractivity contribution in [1.82, 2.24) is 9.88 Å². The molecule has 1 aromatic heterocycles. The Kier molecular flexibility index (Phi) is 3.14. The van der Waals surface area contributed by atoms with E-state index in [4.69, 9.17) is 0 Å². The van der Waals surface area contributed by atoms with Gasteiger partial charge in [0, 0.05) is 18.9 Å². The average molecular weight is 190 g/mol. The lowest BCUT2D eigenvalue weighted by molar-refractivity contribution is 0.185. The van der Waals surface area contributed by atoms with Gasteiger partial charge in [-0.3, -0.25) is 9.88 Å². The van der Waals surface area contributed by atoms with E-state index < -0.39 is 0 Å². The topological polar surface area (TPSA) is 16.1 Å². The van der Waals surface area contributed by atoms with Crippen molar-refractivity contribution in [2.75, 3.05) is 13.1 Å². The Morgan fingerprint density at radius 1 is 1.43 bits per heavy atom. The standard InChI is InChI=1S/C12H18N2/c1-11-4-7-14(8-5-11)10-12-3-2-6-13-9-12/h2-3,6,9,11H,4-5,7-8,10H2,1H3. The van der Waals surface area contributed by atoms with Crippen LogP contribution in [-0.2, 0) is 6.54 Å². The minimum Gasteiger partial charge on any atom is -0.299 e. The first kappa shape index (κ1) is 9.66. The minimum absolute atomic E-state index is 0.917. The Bertz CT molecular complexity index is 263. The van der Waals surface area contributed by atoms with Gasteiger partial charge in [0.05, 0.1) is 0 Å². The van der Waals surface area contributed by atoms with Crippen molar-refractivity contribution in [2.45, 2.75) is 26.3 Å². The summed E-state index contributed by atoms with van der Waals surface area (Å²) in [4.78, 5) is 6.66. The molecule has 14 heavy (non-hydrogen) atoms. The number of rotatable bonds is 2. The molecule has 0 amide bonds. The van der Waals surface area contributed by atoms with Crippen molar-refractivity contribution in [2.24, 2.45) is 5.92 Å². The molecule has 0 aromatic carbocycles. The smallest absolute Gasteiger partial charge is 0.0312 e. The van der Waals surface area contributed by atoms with Crippen LogP contribution in [0.3, 0.4) is 0 Å². The highest BCUT2D eigenvalue weighted by Crippen LogP contribution is 2.17. The maximum absolute atomic E-state index is 4.14. The third-order valence-electron chi connectivity index (χ3n) is 3.01. The lowest BCUT2D eigenvalue weighted by Gasteiger charge is -2.29. The summed E-state index contributed by atoms with van der Waals surface area (Å²) in [6.45, 7) is 5.91. The Labute approximate surface area is 86.0 Å². The Hall–Kier alpha value is -0.890. The van der Waals surface area contributed by atoms with E-state index in [-0.39, 0.29) is 0 Å². The van der Waals surface area contributed by atoms with Gasteiger partial charge < -0.3 is 0 Å². The molecule has 1 saturated heterocycles. The summed E-state index contributed by atoms with van der Waals surface area (Å²) >= 11 is 0. The zero-order valence-corrected chi connectivity index (χ0v) is 8.82. The summed E-state index contributed by atoms with van der Waals surface area (Å²) in [5.74, 6) is 0.917. The van der Waals surface area contributed by atoms with Crippen LogP contribution in [0.2, 0.25) is 0 Å². The van der Waals surface area contributed by atoms with Gasteiger partial charge in [-0.25, -0.2) is 0 Å². The van der Waals surface area contributed by atoms with Crippen molar-refractivity contribution in [3.8, 4) is 0 Å². The largest absolute Gasteiger partial charge is 0.299 e. The highest BCUT2D eigenvalue weighted by molar-refractivity contribution is 5.08. The first-order chi connectivity index (χ1) is 6.84. The average Bonchev–Trinajstić information content (AvgIpc) is 2.23. The van der Waals surface area contributed by atoms with Gasteiger partial charge in [0.2, 0.25) is 0 Å². The van der Waals surface area contributed by atoms with Gasteiger partial charge in [-0.2, -0.15) is 0 Å². The van der Waals surface area contributed by atoms with Gasteiger partial charge in [0.25, 0.3) is 0 Å². The summed E-state index contributed by atoms with van der Waals surface area (Å²) in [6.07, 6.45) is 6.50. The third kappa shape index (κ3) is 2.55. The molecule has 0 radical (unpaired) electrons. The fourth-order valence-corrected chi connectivity index (χ4v) is 1.97. The Morgan fingerprint density at radius 2 is 2.21 bits per heavy atom. The molecule has 0 spiro atoms. The number of pyridine rings is 1. The van der Waals surface area contributed by atoms with Crippen molar-refractivity contribution in [1.29, 1.82) is 0 Å². The molecule has 1 aromatic rings. The molecule has 1 aliphatic heterocycles. The SMILES string of the molecule is CC1CCN(Cc2cccnc2)CC1. The normalized spacial score (nSPS) is 19.8. The van der Waals surface area contributed by atoms with Gasteiger partial charge >= 0.3 is 0 Å². The number of likely N-dealkylation sites (tertiary alicyclic amines) is 1. The fourth-order valence-electron chi connectivity index (χ4n) is 1.97. The van der Waals surface area contributed by atoms with Gasteiger partial charge in [-0.05, 0) is 43.5 Å². The van der Waals surface area contributed by atoms with Crippen molar-refractivity contribution < 1.29 is 0 Å². The van der Waals surface area contributed by atoms with Crippen LogP contribution >= 0.6 is 0 Å². The summed E-state index contributed by atoms with van der Waals surface area (Å²) in [6, 6.07) is 4.17. The van der Waals surface area contributed by atoms with Crippen LogP contribution in [0.5, 0.6) is 0 Å². The highest BCUT2D eigenvalue weighted by Gasteiger charge is 2.15. The number of aromatic nitrogens is 1. The predicted octanol–water partition coefficient (Wildman–Crippen LogP) is 2.31. The van der Waals surface area contributed by atoms with E-state index in [1.807, 2.05) is 18.5 Å². The third-order valence-corrected chi connectivity index (χ3v) is 3.01. The predicted molar refractivity (Wildman–Crippen MR) is 57.9 cm³/mol. The van der Waals surface area contributed by atoms with Crippen LogP contribution < -0.4 is 0 Å². The molecule has 2 heterocycles. The zero-order valence-electron chi connectivity index (χ0n) is 8.82. The maximum atomic E-state index is 4.14. The molecule has 1 aliphatic rings. The molecule has 0 aliphatic carbocycles. The van der Waals surface area contributed by atoms with Gasteiger partial charge in [-0.15, -0.1) is 0 Å². The highest BCUT2D eigenvalue weighted by atomic mass is 15.1. The van der Waals surface area contributed by atoms with Crippen LogP contribution in [0.25, 0.3) is 0 Å². The Morgan fingerprint density at radius 3 is 2.86 bits per heavy atom. The van der Waals surface area contributed by atoms with Crippen LogP contribution in [0.15, 0.2) is 24.5 Å². The molecule has 2 rings (SSSR count). The number of hydrogen-bond donors (Lipinski definition) is 0. The van der Waals surface area contributed by atoms with Crippen molar-refractivity contribution in [3.63, 3.8) is 0 Å². The molecule has 0 N–H and O–H groups in total. The van der Waals surface area contributed by atoms with Gasteiger partial charge in [-0.1, -0.05) is 13.0 Å². The number of nitrogens with zero attached hydrogens (tertiary/aromatic N) is 2. The summed E-state index contributed by atoms with van der Waals surface area (Å²) in [7, 11) is 0. The molecule has 0 saturated carbocycles. The monoisotopic (exact) mass is 190 g/mol. The van der Waals surface area contributed by atoms with Crippen LogP contribution in [0.1, 0.15) is 25.3 Å². The Balaban J connectivity index is 1.87. The zero-order chi connectivity index (χ0) is 9.80. The van der Waals surface area contributed by atoms with Crippen molar-refractivity contribution in [3.05, 3.63) is 30.1 Å². The van der Waals surface area contributed by atoms with Crippen LogP contribution in [-0.4, -0.2) is 23.0 Å². The lowest BCUT2D eigenvalue weighted by Crippen LogP contribution is -2.32. The molecular formula is C12H18N2. The van der Waals surface area contributed by atoms with E-state index in [1.54, 1.807) is 0 Å². The molecule has 76 valence electrons. The first-order valence-electron chi connectivity index (χ1n) is 5.46. The second-order valence-electron chi connectivity index (χ2n) is 4.32. The van der Waals surface area contributed by atoms with Crippen LogP contribution in [0.4, 0.5) is 0 Å². The van der Waals surface area contributed by atoms with E-state index in [0.29, 0.717) is 0 Å². The summed E-state index contributed by atoms with van der Waals surface area (Å²) in [5, 5.41) is 0. The summed E-state index contributed by atoms with van der Waals surface area (Å²) in [5.41, 5.74) is 1.34. The molecule has 2 nitrogen and oxygen atoms in total. The summed E-state index contributed by atoms with van der Waals surface area (Å²) < 4.78 is 0. The van der Waals surface area contributed by atoms with E-state index in [9.17, 15) is 0 Å². The lowest BCUT2D eigenvalue weighted by atomic mass is 9.99. The van der Waals surface area contributed by atoms with E-state index >= 15 is 0 Å². The second-order valence-corrected chi connectivity index (χ2v) is 4.32. The first-order valence-corrected chi connectivity index (χ1v) is 5.46. The van der Waals surface area contributed by atoms with Gasteiger partial charge in [0.15, 0.2) is 0 Å². The maximum Gasteiger partial charge on any atom is 0.0312 e. The van der Waals surface area contributed by atoms with E-state index in [0.717, 1.165) is 12.5 Å². The molecule has 0 bridgehead atoms. The molecule has 2 heteroatoms. The van der Waals surface area contributed by atoms with Gasteiger partial charge in [0.1, 0.15) is 0 Å². The fraction of sp³-hybridized carbons (Fsp3) is 0.583. The van der Waals surface area contributed by atoms with E-state index in [1.165, 1.54) is 31.5 Å². The number of hydrogen-bond acceptors (Lipinski definition) is 2. The molecular weight excluding hydrogens is 172 g/mol. The minimum atomic E-state index is 0.917. The molecule has 0 unspecified atom stereocenters. The molecule has 0 atom stereocenters. The second kappa shape index (κ2) is 4.56. The number of piperidine rings is 1. The van der Waals surface area contributed by atoms with Crippen LogP contribution in [0, 0.1) is 5.92 Å².